The van der Waals surface area contributed by atoms with Crippen molar-refractivity contribution >= 4 is 45.0 Å². The van der Waals surface area contributed by atoms with E-state index in [1.165, 1.54) is 17.5 Å². The Morgan fingerprint density at radius 1 is 1.40 bits per heavy atom. The van der Waals surface area contributed by atoms with Crippen LogP contribution in [0.3, 0.4) is 0 Å². The van der Waals surface area contributed by atoms with E-state index in [0.717, 1.165) is 10.2 Å². The van der Waals surface area contributed by atoms with Gasteiger partial charge < -0.3 is 13.9 Å². The number of carbonyl (C=O) groups is 2. The van der Waals surface area contributed by atoms with Crippen LogP contribution in [0.5, 0.6) is 0 Å². The van der Waals surface area contributed by atoms with Gasteiger partial charge in [-0.1, -0.05) is 22.9 Å². The predicted octanol–water partition coefficient (Wildman–Crippen LogP) is 2.39. The Labute approximate surface area is 152 Å². The molecule has 2 heterocycles. The van der Waals surface area contributed by atoms with Crippen molar-refractivity contribution in [3.05, 3.63) is 46.2 Å². The number of amides is 1. The first kappa shape index (κ1) is 17.4. The number of halogens is 1. The number of hydrogen-bond acceptors (Lipinski definition) is 5. The zero-order chi connectivity index (χ0) is 18.0. The van der Waals surface area contributed by atoms with E-state index in [9.17, 15) is 9.59 Å². The Balaban J connectivity index is 2.12. The summed E-state index contributed by atoms with van der Waals surface area (Å²) in [4.78, 5) is 32.9. The molecule has 0 unspecified atom stereocenters. The summed E-state index contributed by atoms with van der Waals surface area (Å²) in [6, 6.07) is 5.29. The fourth-order valence-corrected chi connectivity index (χ4v) is 3.63. The number of fused-ring (bicyclic) bond motifs is 1. The van der Waals surface area contributed by atoms with Gasteiger partial charge in [0.05, 0.1) is 16.8 Å². The molecule has 0 aliphatic carbocycles. The van der Waals surface area contributed by atoms with Crippen LogP contribution in [-0.2, 0) is 23.1 Å². The van der Waals surface area contributed by atoms with E-state index in [1.807, 2.05) is 0 Å². The summed E-state index contributed by atoms with van der Waals surface area (Å²) in [6.45, 7) is 1.98. The number of benzene rings is 1. The molecule has 0 fully saturated rings. The fourth-order valence-electron chi connectivity index (χ4n) is 2.33. The lowest BCUT2D eigenvalue weighted by molar-refractivity contribution is -0.143. The van der Waals surface area contributed by atoms with Crippen molar-refractivity contribution in [1.82, 2.24) is 14.1 Å². The van der Waals surface area contributed by atoms with Gasteiger partial charge in [0, 0.05) is 24.5 Å². The van der Waals surface area contributed by atoms with E-state index in [-0.39, 0.29) is 19.0 Å². The van der Waals surface area contributed by atoms with Gasteiger partial charge in [-0.15, -0.1) is 0 Å². The van der Waals surface area contributed by atoms with E-state index in [4.69, 9.17) is 16.3 Å². The molecule has 0 spiro atoms. The number of aryl methyl sites for hydroxylation is 1. The quantitative estimate of drug-likeness (QED) is 0.653. The molecule has 3 rings (SSSR count). The second kappa shape index (κ2) is 7.20. The summed E-state index contributed by atoms with van der Waals surface area (Å²) in [5.74, 6) is -0.663. The van der Waals surface area contributed by atoms with Gasteiger partial charge in [0.15, 0.2) is 4.80 Å². The minimum absolute atomic E-state index is 0.0395. The number of aromatic nitrogens is 3. The van der Waals surface area contributed by atoms with Crippen LogP contribution in [-0.4, -0.2) is 32.6 Å². The Kier molecular flexibility index (Phi) is 5.00. The first-order valence-corrected chi connectivity index (χ1v) is 8.70. The fraction of sp³-hybridized carbons (Fsp3) is 0.250. The molecule has 0 bridgehead atoms. The average molecular weight is 379 g/mol. The molecule has 130 valence electrons. The monoisotopic (exact) mass is 378 g/mol. The maximum atomic E-state index is 12.4. The van der Waals surface area contributed by atoms with Crippen LogP contribution in [0.25, 0.3) is 10.2 Å². The van der Waals surface area contributed by atoms with E-state index in [2.05, 4.69) is 9.98 Å². The van der Waals surface area contributed by atoms with Crippen LogP contribution in [0.1, 0.15) is 17.5 Å². The zero-order valence-electron chi connectivity index (χ0n) is 13.6. The molecule has 3 aromatic rings. The van der Waals surface area contributed by atoms with Gasteiger partial charge in [0.2, 0.25) is 5.82 Å². The molecule has 0 radical (unpaired) electrons. The van der Waals surface area contributed by atoms with Crippen LogP contribution >= 0.6 is 22.9 Å². The molecule has 0 aliphatic rings. The first-order valence-electron chi connectivity index (χ1n) is 7.50. The Hall–Kier alpha value is -2.45. The Bertz CT molecular complexity index is 1020. The average Bonchev–Trinajstić information content (AvgIpc) is 3.11. The van der Waals surface area contributed by atoms with Gasteiger partial charge in [0.1, 0.15) is 6.54 Å². The van der Waals surface area contributed by atoms with Gasteiger partial charge in [-0.3, -0.25) is 9.59 Å². The molecule has 1 aromatic carbocycles. The van der Waals surface area contributed by atoms with Crippen molar-refractivity contribution < 1.29 is 14.3 Å². The molecule has 0 N–H and O–H groups in total. The summed E-state index contributed by atoms with van der Waals surface area (Å²) < 4.78 is 9.07. The lowest BCUT2D eigenvalue weighted by Crippen LogP contribution is -2.23. The van der Waals surface area contributed by atoms with Crippen molar-refractivity contribution in [2.24, 2.45) is 12.0 Å². The second-order valence-electron chi connectivity index (χ2n) is 5.17. The number of imidazole rings is 1. The molecular formula is C16H15ClN4O3S. The number of esters is 1. The van der Waals surface area contributed by atoms with Gasteiger partial charge in [-0.05, 0) is 25.1 Å². The summed E-state index contributed by atoms with van der Waals surface area (Å²) >= 11 is 7.31. The minimum atomic E-state index is -0.484. The lowest BCUT2D eigenvalue weighted by Gasteiger charge is -2.05. The van der Waals surface area contributed by atoms with Crippen molar-refractivity contribution in [1.29, 1.82) is 0 Å². The third kappa shape index (κ3) is 3.64. The molecule has 0 atom stereocenters. The van der Waals surface area contributed by atoms with Crippen LogP contribution < -0.4 is 4.80 Å². The van der Waals surface area contributed by atoms with Crippen molar-refractivity contribution in [2.75, 3.05) is 6.61 Å². The molecule has 0 saturated heterocycles. The van der Waals surface area contributed by atoms with Crippen LogP contribution in [0.15, 0.2) is 35.6 Å². The van der Waals surface area contributed by atoms with Crippen molar-refractivity contribution in [3.63, 3.8) is 0 Å². The first-order chi connectivity index (χ1) is 12.0. The number of hydrogen-bond donors (Lipinski definition) is 0. The maximum absolute atomic E-state index is 12.4. The van der Waals surface area contributed by atoms with Gasteiger partial charge in [-0.25, -0.2) is 4.98 Å². The third-order valence-corrected chi connectivity index (χ3v) is 4.72. The number of rotatable bonds is 4. The normalized spacial score (nSPS) is 11.9. The molecule has 2 aromatic heterocycles. The summed E-state index contributed by atoms with van der Waals surface area (Å²) in [5.41, 5.74) is 0.758. The van der Waals surface area contributed by atoms with Crippen LogP contribution in [0.2, 0.25) is 5.02 Å². The standard InChI is InChI=1S/C16H15ClN4O3S/c1-3-24-13(22)9-21-11-5-4-10(17)8-12(11)25-16(21)19-15(23)14-18-6-7-20(14)2/h4-8H,3,9H2,1-2H3. The maximum Gasteiger partial charge on any atom is 0.326 e. The van der Waals surface area contributed by atoms with E-state index in [1.54, 1.807) is 47.5 Å². The largest absolute Gasteiger partial charge is 0.465 e. The number of nitrogens with zero attached hydrogens (tertiary/aromatic N) is 4. The molecule has 9 heteroatoms. The SMILES string of the molecule is CCOC(=O)Cn1c(=NC(=O)c2nccn2C)sc2cc(Cl)ccc21. The Morgan fingerprint density at radius 3 is 2.88 bits per heavy atom. The van der Waals surface area contributed by atoms with E-state index >= 15 is 0 Å². The van der Waals surface area contributed by atoms with Gasteiger partial charge in [0.25, 0.3) is 0 Å². The van der Waals surface area contributed by atoms with E-state index < -0.39 is 11.9 Å². The number of thiazole rings is 1. The van der Waals surface area contributed by atoms with Gasteiger partial charge >= 0.3 is 11.9 Å². The van der Waals surface area contributed by atoms with Crippen LogP contribution in [0.4, 0.5) is 0 Å². The third-order valence-electron chi connectivity index (χ3n) is 3.45. The molecule has 0 aliphatic heterocycles. The summed E-state index contributed by atoms with van der Waals surface area (Å²) in [6.07, 6.45) is 3.19. The smallest absolute Gasteiger partial charge is 0.326 e. The summed E-state index contributed by atoms with van der Waals surface area (Å²) in [7, 11) is 1.72. The zero-order valence-corrected chi connectivity index (χ0v) is 15.2. The van der Waals surface area contributed by atoms with Crippen molar-refractivity contribution in [3.8, 4) is 0 Å². The van der Waals surface area contributed by atoms with Crippen molar-refractivity contribution in [2.45, 2.75) is 13.5 Å². The highest BCUT2D eigenvalue weighted by Crippen LogP contribution is 2.22. The molecular weight excluding hydrogens is 364 g/mol. The molecule has 7 nitrogen and oxygen atoms in total. The molecule has 0 saturated carbocycles. The van der Waals surface area contributed by atoms with E-state index in [0.29, 0.717) is 9.82 Å². The van der Waals surface area contributed by atoms with Gasteiger partial charge in [-0.2, -0.15) is 4.99 Å². The molecule has 1 amide bonds. The minimum Gasteiger partial charge on any atom is -0.465 e. The van der Waals surface area contributed by atoms with Crippen LogP contribution in [0, 0.1) is 0 Å². The number of carbonyl (C=O) groups excluding carboxylic acids is 2. The summed E-state index contributed by atoms with van der Waals surface area (Å²) in [5, 5.41) is 0.569. The Morgan fingerprint density at radius 2 is 2.20 bits per heavy atom. The number of ether oxygens (including phenoxy) is 1. The highest BCUT2D eigenvalue weighted by atomic mass is 35.5. The predicted molar refractivity (Wildman–Crippen MR) is 94.6 cm³/mol. The molecule has 25 heavy (non-hydrogen) atoms. The second-order valence-corrected chi connectivity index (χ2v) is 6.61. The lowest BCUT2D eigenvalue weighted by atomic mass is 10.3. The highest BCUT2D eigenvalue weighted by molar-refractivity contribution is 7.16. The highest BCUT2D eigenvalue weighted by Gasteiger charge is 2.14. The topological polar surface area (TPSA) is 78.5 Å².